The Kier molecular flexibility index (Phi) is 6.35. The molecule has 1 heterocycles. The lowest BCUT2D eigenvalue weighted by Gasteiger charge is -2.24. The smallest absolute Gasteiger partial charge is 0.347 e. The zero-order valence-corrected chi connectivity index (χ0v) is 21.2. The molecule has 0 aliphatic heterocycles. The Hall–Kier alpha value is -3.48. The van der Waals surface area contributed by atoms with Crippen LogP contribution < -0.4 is 0 Å². The normalized spacial score (nSPS) is 15.8. The Balaban J connectivity index is 1.58. The summed E-state index contributed by atoms with van der Waals surface area (Å²) in [4.78, 5) is 0. The highest BCUT2D eigenvalue weighted by molar-refractivity contribution is 5.90. The van der Waals surface area contributed by atoms with Crippen molar-refractivity contribution in [1.82, 2.24) is 4.57 Å². The standard InChI is InChI=1S/C32H27F6N/c33-31(34,35)22-13-14-29(32(36,37)38)28(18-22)26-15-16-39(19-20-7-2-1-3-8-20)30(26)25-12-6-11-24-23-10-5-4-9-21(23)17-27(24)25/h4-6,9-16,18,20H,1-3,7-8,17,19H2. The van der Waals surface area contributed by atoms with Crippen LogP contribution in [0.5, 0.6) is 0 Å². The van der Waals surface area contributed by atoms with E-state index in [9.17, 15) is 26.3 Å². The molecule has 2 aliphatic rings. The predicted molar refractivity (Wildman–Crippen MR) is 140 cm³/mol. The summed E-state index contributed by atoms with van der Waals surface area (Å²) in [6, 6.07) is 17.1. The van der Waals surface area contributed by atoms with Crippen molar-refractivity contribution in [1.29, 1.82) is 0 Å². The van der Waals surface area contributed by atoms with Gasteiger partial charge in [-0.2, -0.15) is 26.3 Å². The fraction of sp³-hybridized carbons (Fsp3) is 0.312. The van der Waals surface area contributed by atoms with Gasteiger partial charge >= 0.3 is 12.4 Å². The maximum atomic E-state index is 14.2. The Morgan fingerprint density at radius 1 is 0.667 bits per heavy atom. The van der Waals surface area contributed by atoms with E-state index < -0.39 is 29.0 Å². The second-order valence-electron chi connectivity index (χ2n) is 10.7. The van der Waals surface area contributed by atoms with Crippen LogP contribution in [0.1, 0.15) is 54.4 Å². The highest BCUT2D eigenvalue weighted by atomic mass is 19.4. The van der Waals surface area contributed by atoms with Gasteiger partial charge in [-0.05, 0) is 77.3 Å². The molecule has 0 spiro atoms. The molecule has 0 amide bonds. The zero-order valence-electron chi connectivity index (χ0n) is 21.2. The van der Waals surface area contributed by atoms with E-state index >= 15 is 0 Å². The molecule has 2 aliphatic carbocycles. The van der Waals surface area contributed by atoms with Gasteiger partial charge in [0.15, 0.2) is 0 Å². The third kappa shape index (κ3) is 4.77. The van der Waals surface area contributed by atoms with Crippen molar-refractivity contribution in [2.24, 2.45) is 5.92 Å². The number of fused-ring (bicyclic) bond motifs is 3. The summed E-state index contributed by atoms with van der Waals surface area (Å²) in [6.07, 6.45) is -1.76. The van der Waals surface area contributed by atoms with Crippen molar-refractivity contribution in [2.45, 2.75) is 57.4 Å². The molecule has 1 fully saturated rings. The van der Waals surface area contributed by atoms with Gasteiger partial charge in [-0.3, -0.25) is 0 Å². The number of rotatable bonds is 4. The van der Waals surface area contributed by atoms with Gasteiger partial charge in [-0.15, -0.1) is 0 Å². The lowest BCUT2D eigenvalue weighted by Crippen LogP contribution is -2.15. The first-order valence-electron chi connectivity index (χ1n) is 13.3. The van der Waals surface area contributed by atoms with Crippen molar-refractivity contribution in [3.63, 3.8) is 0 Å². The van der Waals surface area contributed by atoms with Crippen LogP contribution >= 0.6 is 0 Å². The summed E-state index contributed by atoms with van der Waals surface area (Å²) in [6.45, 7) is 0.617. The molecule has 202 valence electrons. The maximum Gasteiger partial charge on any atom is 0.417 e. The second kappa shape index (κ2) is 9.61. The minimum atomic E-state index is -4.81. The first-order valence-corrected chi connectivity index (χ1v) is 13.3. The summed E-state index contributed by atoms with van der Waals surface area (Å²) >= 11 is 0. The first kappa shape index (κ1) is 25.8. The molecule has 0 saturated heterocycles. The minimum Gasteiger partial charge on any atom is -0.347 e. The molecule has 0 unspecified atom stereocenters. The molecule has 0 radical (unpaired) electrons. The van der Waals surface area contributed by atoms with Gasteiger partial charge in [0.2, 0.25) is 0 Å². The Bertz CT molecular complexity index is 1520. The number of alkyl halides is 6. The Labute approximate surface area is 223 Å². The topological polar surface area (TPSA) is 4.93 Å². The van der Waals surface area contributed by atoms with Gasteiger partial charge in [-0.25, -0.2) is 0 Å². The minimum absolute atomic E-state index is 0.175. The SMILES string of the molecule is FC(F)(F)c1ccc(C(F)(F)F)c(-c2ccn(CC3CCCCC3)c2-c2cccc3c2Cc2ccccc2-3)c1. The molecule has 4 aromatic rings. The molecule has 1 saturated carbocycles. The van der Waals surface area contributed by atoms with Crippen LogP contribution in [0.25, 0.3) is 33.5 Å². The average Bonchev–Trinajstić information content (AvgIpc) is 3.49. The van der Waals surface area contributed by atoms with Crippen molar-refractivity contribution >= 4 is 0 Å². The summed E-state index contributed by atoms with van der Waals surface area (Å²) in [5.41, 5.74) is 3.10. The van der Waals surface area contributed by atoms with Gasteiger partial charge in [0, 0.05) is 23.9 Å². The van der Waals surface area contributed by atoms with Crippen molar-refractivity contribution in [3.05, 3.63) is 95.2 Å². The van der Waals surface area contributed by atoms with Crippen LogP contribution in [-0.2, 0) is 25.3 Å². The van der Waals surface area contributed by atoms with E-state index in [4.69, 9.17) is 0 Å². The zero-order chi connectivity index (χ0) is 27.4. The maximum absolute atomic E-state index is 14.2. The van der Waals surface area contributed by atoms with Crippen LogP contribution in [-0.4, -0.2) is 4.57 Å². The number of halogens is 6. The summed E-state index contributed by atoms with van der Waals surface area (Å²) < 4.78 is 85.6. The highest BCUT2D eigenvalue weighted by Crippen LogP contribution is 2.47. The molecule has 39 heavy (non-hydrogen) atoms. The average molecular weight is 540 g/mol. The summed E-state index contributed by atoms with van der Waals surface area (Å²) in [5.74, 6) is 0.371. The van der Waals surface area contributed by atoms with Crippen LogP contribution in [0.3, 0.4) is 0 Å². The Morgan fingerprint density at radius 2 is 1.38 bits per heavy atom. The molecule has 0 bridgehead atoms. The molecule has 0 N–H and O–H groups in total. The molecule has 0 atom stereocenters. The van der Waals surface area contributed by atoms with Crippen molar-refractivity contribution in [2.75, 3.05) is 0 Å². The quantitative estimate of drug-likeness (QED) is 0.200. The number of nitrogens with zero attached hydrogens (tertiary/aromatic N) is 1. The van der Waals surface area contributed by atoms with E-state index in [0.29, 0.717) is 42.8 Å². The summed E-state index contributed by atoms with van der Waals surface area (Å²) in [5, 5.41) is 0. The Morgan fingerprint density at radius 3 is 2.13 bits per heavy atom. The van der Waals surface area contributed by atoms with Crippen LogP contribution in [0.2, 0.25) is 0 Å². The lowest BCUT2D eigenvalue weighted by atomic mass is 9.88. The largest absolute Gasteiger partial charge is 0.417 e. The molecule has 3 aromatic carbocycles. The fourth-order valence-electron chi connectivity index (χ4n) is 6.36. The number of benzene rings is 3. The van der Waals surface area contributed by atoms with Gasteiger partial charge in [0.05, 0.1) is 16.8 Å². The number of hydrogen-bond acceptors (Lipinski definition) is 0. The lowest BCUT2D eigenvalue weighted by molar-refractivity contribution is -0.141. The molecular formula is C32H27F6N. The predicted octanol–water partition coefficient (Wildman–Crippen LogP) is 10.0. The van der Waals surface area contributed by atoms with Gasteiger partial charge < -0.3 is 4.57 Å². The first-order chi connectivity index (χ1) is 18.6. The molecule has 1 nitrogen and oxygen atoms in total. The molecule has 6 rings (SSSR count). The third-order valence-electron chi connectivity index (χ3n) is 8.19. The highest BCUT2D eigenvalue weighted by Gasteiger charge is 2.38. The van der Waals surface area contributed by atoms with Gasteiger partial charge in [-0.1, -0.05) is 61.7 Å². The van der Waals surface area contributed by atoms with E-state index in [1.807, 2.05) is 47.0 Å². The van der Waals surface area contributed by atoms with E-state index in [-0.39, 0.29) is 5.56 Å². The number of aromatic nitrogens is 1. The van der Waals surface area contributed by atoms with E-state index in [1.54, 1.807) is 12.3 Å². The van der Waals surface area contributed by atoms with Gasteiger partial charge in [0.25, 0.3) is 0 Å². The molecule has 7 heteroatoms. The molecular weight excluding hydrogens is 512 g/mol. The summed E-state index contributed by atoms with van der Waals surface area (Å²) in [7, 11) is 0. The van der Waals surface area contributed by atoms with Crippen molar-refractivity contribution < 1.29 is 26.3 Å². The van der Waals surface area contributed by atoms with E-state index in [2.05, 4.69) is 0 Å². The van der Waals surface area contributed by atoms with E-state index in [0.717, 1.165) is 53.5 Å². The second-order valence-corrected chi connectivity index (χ2v) is 10.7. The van der Waals surface area contributed by atoms with Crippen LogP contribution in [0.4, 0.5) is 26.3 Å². The van der Waals surface area contributed by atoms with E-state index in [1.165, 1.54) is 6.42 Å². The number of hydrogen-bond donors (Lipinski definition) is 0. The van der Waals surface area contributed by atoms with Crippen LogP contribution in [0.15, 0.2) is 72.9 Å². The third-order valence-corrected chi connectivity index (χ3v) is 8.19. The van der Waals surface area contributed by atoms with Gasteiger partial charge in [0.1, 0.15) is 0 Å². The molecule has 1 aromatic heterocycles. The van der Waals surface area contributed by atoms with Crippen LogP contribution in [0, 0.1) is 5.92 Å². The van der Waals surface area contributed by atoms with Crippen molar-refractivity contribution in [3.8, 4) is 33.5 Å². The monoisotopic (exact) mass is 539 g/mol. The fourth-order valence-corrected chi connectivity index (χ4v) is 6.36.